The molecule has 0 aromatic heterocycles. The van der Waals surface area contributed by atoms with E-state index in [1.165, 1.54) is 19.3 Å². The Morgan fingerprint density at radius 1 is 1.18 bits per heavy atom. The van der Waals surface area contributed by atoms with E-state index in [1.54, 1.807) is 0 Å². The molecule has 1 nitrogen and oxygen atoms in total. The van der Waals surface area contributed by atoms with Crippen molar-refractivity contribution < 1.29 is 48.5 Å². The van der Waals surface area contributed by atoms with Gasteiger partial charge in [-0.1, -0.05) is 33.1 Å². The van der Waals surface area contributed by atoms with Gasteiger partial charge in [0.2, 0.25) is 0 Å². The first-order valence-electron chi connectivity index (χ1n) is 3.96. The summed E-state index contributed by atoms with van der Waals surface area (Å²) in [5.41, 5.74) is 0. The molecule has 0 aliphatic carbocycles. The Balaban J connectivity index is -0.000000320. The normalized spacial score (nSPS) is 11.2. The number of hydrogen-bond donors (Lipinski definition) is 1. The topological polar surface area (TPSA) is 20.2 Å². The van der Waals surface area contributed by atoms with Crippen LogP contribution in [0.4, 0.5) is 0 Å². The number of aliphatic hydroxyl groups is 1. The quantitative estimate of drug-likeness (QED) is 0.712. The van der Waals surface area contributed by atoms with Crippen LogP contribution in [0.2, 0.25) is 0 Å². The first-order valence-corrected chi connectivity index (χ1v) is 3.96. The summed E-state index contributed by atoms with van der Waals surface area (Å²) in [5.74, 6) is 0.560. The fourth-order valence-corrected chi connectivity index (χ4v) is 0.917. The fraction of sp³-hybridized carbons (Fsp3) is 1.00. The molecule has 64 valence electrons. The van der Waals surface area contributed by atoms with Crippen LogP contribution in [0, 0.1) is 5.92 Å². The van der Waals surface area contributed by atoms with E-state index in [1.807, 2.05) is 0 Å². The number of hydrogen-bond acceptors (Lipinski definition) is 1. The van der Waals surface area contributed by atoms with E-state index in [2.05, 4.69) is 13.8 Å². The van der Waals surface area contributed by atoms with Crippen LogP contribution in [-0.2, 0) is 43.4 Å². The van der Waals surface area contributed by atoms with E-state index in [4.69, 9.17) is 5.11 Å². The molecule has 0 amide bonds. The Morgan fingerprint density at radius 3 is 2.00 bits per heavy atom. The van der Waals surface area contributed by atoms with E-state index in [0.29, 0.717) is 12.5 Å². The van der Waals surface area contributed by atoms with Gasteiger partial charge in [0.15, 0.2) is 0 Å². The summed E-state index contributed by atoms with van der Waals surface area (Å²) in [4.78, 5) is 0. The van der Waals surface area contributed by atoms with Crippen molar-refractivity contribution >= 4 is 0 Å². The molecular weight excluding hydrogens is 208 g/mol. The molecule has 0 bridgehead atoms. The van der Waals surface area contributed by atoms with Crippen LogP contribution in [0.1, 0.15) is 39.5 Å². The van der Waals surface area contributed by atoms with E-state index >= 15 is 0 Å². The third kappa shape index (κ3) is 11.4. The number of aliphatic hydroxyl groups excluding tert-OH is 1. The minimum atomic E-state index is 0. The van der Waals surface area contributed by atoms with Crippen molar-refractivity contribution in [2.75, 3.05) is 6.61 Å². The largest absolute Gasteiger partial charge is 0.396 e. The molecular formula is C8H18OTi2. The van der Waals surface area contributed by atoms with Crippen LogP contribution in [0.5, 0.6) is 0 Å². The predicted molar refractivity (Wildman–Crippen MR) is 40.4 cm³/mol. The Labute approximate surface area is 100 Å². The van der Waals surface area contributed by atoms with Crippen molar-refractivity contribution in [3.05, 3.63) is 0 Å². The van der Waals surface area contributed by atoms with Crippen LogP contribution >= 0.6 is 0 Å². The van der Waals surface area contributed by atoms with Crippen LogP contribution in [0.15, 0.2) is 0 Å². The molecule has 0 aromatic rings. The van der Waals surface area contributed by atoms with Gasteiger partial charge in [0.1, 0.15) is 0 Å². The first-order chi connectivity index (χ1) is 4.35. The van der Waals surface area contributed by atoms with Gasteiger partial charge in [-0.05, 0) is 12.3 Å². The van der Waals surface area contributed by atoms with Gasteiger partial charge in [0.05, 0.1) is 0 Å². The maximum absolute atomic E-state index is 8.75. The van der Waals surface area contributed by atoms with Gasteiger partial charge in [-0.15, -0.1) is 0 Å². The Hall–Kier alpha value is 1.39. The second-order valence-electron chi connectivity index (χ2n) is 2.60. The SMILES string of the molecule is CCCCC(CC)CO.[Ti].[Ti]. The zero-order valence-corrected chi connectivity index (χ0v) is 10.7. The van der Waals surface area contributed by atoms with Gasteiger partial charge in [-0.3, -0.25) is 0 Å². The number of rotatable bonds is 5. The van der Waals surface area contributed by atoms with Crippen LogP contribution in [0.25, 0.3) is 0 Å². The third-order valence-electron chi connectivity index (χ3n) is 1.80. The second-order valence-corrected chi connectivity index (χ2v) is 2.60. The molecule has 0 aliphatic rings. The van der Waals surface area contributed by atoms with Gasteiger partial charge in [-0.25, -0.2) is 0 Å². The summed E-state index contributed by atoms with van der Waals surface area (Å²) in [5, 5.41) is 8.75. The molecule has 1 atom stereocenters. The molecule has 0 fully saturated rings. The minimum absolute atomic E-state index is 0. The van der Waals surface area contributed by atoms with Crippen LogP contribution in [0.3, 0.4) is 0 Å². The Morgan fingerprint density at radius 2 is 1.73 bits per heavy atom. The van der Waals surface area contributed by atoms with E-state index in [9.17, 15) is 0 Å². The summed E-state index contributed by atoms with van der Waals surface area (Å²) in [6.07, 6.45) is 4.83. The Kier molecular flexibility index (Phi) is 23.1. The van der Waals surface area contributed by atoms with E-state index in [0.717, 1.165) is 6.42 Å². The molecule has 0 aromatic carbocycles. The summed E-state index contributed by atoms with van der Waals surface area (Å²) >= 11 is 0. The standard InChI is InChI=1S/C8H18O.2Ti/c1-3-5-6-8(4-2)7-9;;/h8-9H,3-7H2,1-2H3;;. The smallest absolute Gasteiger partial charge is 0.0459 e. The zero-order chi connectivity index (χ0) is 7.11. The maximum Gasteiger partial charge on any atom is 0.0459 e. The molecule has 0 saturated heterocycles. The summed E-state index contributed by atoms with van der Waals surface area (Å²) in [7, 11) is 0. The zero-order valence-electron chi connectivity index (χ0n) is 7.56. The van der Waals surface area contributed by atoms with E-state index in [-0.39, 0.29) is 43.4 Å². The Bertz CT molecular complexity index is 56.1. The molecule has 0 heterocycles. The van der Waals surface area contributed by atoms with Gasteiger partial charge < -0.3 is 5.11 Å². The van der Waals surface area contributed by atoms with Crippen LogP contribution in [-0.4, -0.2) is 11.7 Å². The van der Waals surface area contributed by atoms with Crippen molar-refractivity contribution in [2.24, 2.45) is 5.92 Å². The van der Waals surface area contributed by atoms with Gasteiger partial charge in [-0.2, -0.15) is 0 Å². The minimum Gasteiger partial charge on any atom is -0.396 e. The first kappa shape index (κ1) is 18.2. The second kappa shape index (κ2) is 13.9. The molecule has 1 unspecified atom stereocenters. The van der Waals surface area contributed by atoms with E-state index < -0.39 is 0 Å². The van der Waals surface area contributed by atoms with Gasteiger partial charge in [0.25, 0.3) is 0 Å². The maximum atomic E-state index is 8.75. The average molecular weight is 226 g/mol. The van der Waals surface area contributed by atoms with Crippen LogP contribution < -0.4 is 0 Å². The molecule has 0 radical (unpaired) electrons. The molecule has 0 spiro atoms. The average Bonchev–Trinajstić information content (AvgIpc) is 1.91. The summed E-state index contributed by atoms with van der Waals surface area (Å²) in [6.45, 7) is 4.69. The van der Waals surface area contributed by atoms with Gasteiger partial charge in [0, 0.05) is 50.0 Å². The van der Waals surface area contributed by atoms with Crippen molar-refractivity contribution in [1.29, 1.82) is 0 Å². The molecule has 11 heavy (non-hydrogen) atoms. The predicted octanol–water partition coefficient (Wildman–Crippen LogP) is 2.19. The molecule has 3 heteroatoms. The third-order valence-corrected chi connectivity index (χ3v) is 1.80. The molecule has 0 saturated carbocycles. The molecule has 0 rings (SSSR count). The summed E-state index contributed by atoms with van der Waals surface area (Å²) in [6, 6.07) is 0. The monoisotopic (exact) mass is 226 g/mol. The van der Waals surface area contributed by atoms with Crippen molar-refractivity contribution in [1.82, 2.24) is 0 Å². The van der Waals surface area contributed by atoms with Gasteiger partial charge >= 0.3 is 0 Å². The fourth-order valence-electron chi connectivity index (χ4n) is 0.917. The van der Waals surface area contributed by atoms with Crippen molar-refractivity contribution in [3.63, 3.8) is 0 Å². The summed E-state index contributed by atoms with van der Waals surface area (Å²) < 4.78 is 0. The van der Waals surface area contributed by atoms with Crippen molar-refractivity contribution in [2.45, 2.75) is 39.5 Å². The number of unbranched alkanes of at least 4 members (excludes halogenated alkanes) is 1. The molecule has 0 aliphatic heterocycles. The van der Waals surface area contributed by atoms with Crippen molar-refractivity contribution in [3.8, 4) is 0 Å². The molecule has 1 N–H and O–H groups in total.